The fourth-order valence-electron chi connectivity index (χ4n) is 1.91. The van der Waals surface area contributed by atoms with E-state index < -0.39 is 0 Å². The van der Waals surface area contributed by atoms with Crippen molar-refractivity contribution in [2.45, 2.75) is 25.1 Å². The van der Waals surface area contributed by atoms with Crippen LogP contribution < -0.4 is 5.32 Å². The van der Waals surface area contributed by atoms with Crippen molar-refractivity contribution in [1.82, 2.24) is 9.97 Å². The van der Waals surface area contributed by atoms with Gasteiger partial charge in [-0.05, 0) is 36.6 Å². The number of halogens is 1. The Bertz CT molecular complexity index is 536. The number of nitrogens with zero attached hydrogens (tertiary/aromatic N) is 2. The minimum Gasteiger partial charge on any atom is -0.367 e. The Kier molecular flexibility index (Phi) is 2.92. The molecular formula is C12H14ClN3S. The van der Waals surface area contributed by atoms with Crippen LogP contribution in [-0.2, 0) is 0 Å². The third-order valence-corrected chi connectivity index (χ3v) is 4.73. The second-order valence-corrected chi connectivity index (χ2v) is 5.99. The Morgan fingerprint density at radius 1 is 1.53 bits per heavy atom. The Morgan fingerprint density at radius 2 is 2.35 bits per heavy atom. The summed E-state index contributed by atoms with van der Waals surface area (Å²) >= 11 is 7.97. The zero-order valence-electron chi connectivity index (χ0n) is 9.61. The first kappa shape index (κ1) is 11.2. The van der Waals surface area contributed by atoms with Gasteiger partial charge < -0.3 is 5.32 Å². The smallest absolute Gasteiger partial charge is 0.147 e. The van der Waals surface area contributed by atoms with Crippen LogP contribution in [0.4, 0.5) is 5.82 Å². The van der Waals surface area contributed by atoms with Crippen molar-refractivity contribution in [3.8, 4) is 0 Å². The summed E-state index contributed by atoms with van der Waals surface area (Å²) < 4.78 is 1.13. The number of hydrogen-bond donors (Lipinski definition) is 1. The van der Waals surface area contributed by atoms with E-state index in [2.05, 4.69) is 27.6 Å². The second kappa shape index (κ2) is 4.42. The van der Waals surface area contributed by atoms with Crippen molar-refractivity contribution in [3.63, 3.8) is 0 Å². The molecule has 0 saturated heterocycles. The zero-order chi connectivity index (χ0) is 11.8. The monoisotopic (exact) mass is 267 g/mol. The van der Waals surface area contributed by atoms with Crippen molar-refractivity contribution in [2.24, 2.45) is 5.92 Å². The first-order valence-corrected chi connectivity index (χ1v) is 7.14. The summed E-state index contributed by atoms with van der Waals surface area (Å²) in [5.41, 5.74) is 2.25. The maximum absolute atomic E-state index is 6.28. The standard InChI is InChI=1S/C12H14ClN3S/c1-7-5-17-11-10(7)15-6-16-12(11)14-4-9(13)8-2-3-8/h5-6,8-9H,2-4H2,1H3,(H,14,15,16). The van der Waals surface area contributed by atoms with E-state index in [0.717, 1.165) is 22.6 Å². The van der Waals surface area contributed by atoms with Crippen LogP contribution in [0.15, 0.2) is 11.7 Å². The molecule has 2 heterocycles. The Labute approximate surface area is 109 Å². The Hall–Kier alpha value is -0.870. The average Bonchev–Trinajstić information content (AvgIpc) is 3.12. The van der Waals surface area contributed by atoms with E-state index in [9.17, 15) is 0 Å². The van der Waals surface area contributed by atoms with Gasteiger partial charge in [0.2, 0.25) is 0 Å². The van der Waals surface area contributed by atoms with Gasteiger partial charge in [-0.2, -0.15) is 0 Å². The number of alkyl halides is 1. The molecule has 1 aliphatic rings. The SMILES string of the molecule is Cc1csc2c(NCC(Cl)C3CC3)ncnc12. The molecule has 0 radical (unpaired) electrons. The van der Waals surface area contributed by atoms with Crippen LogP contribution in [0.2, 0.25) is 0 Å². The summed E-state index contributed by atoms with van der Waals surface area (Å²) in [5, 5.41) is 5.69. The van der Waals surface area contributed by atoms with E-state index in [1.54, 1.807) is 17.7 Å². The average molecular weight is 268 g/mol. The first-order chi connectivity index (χ1) is 8.25. The van der Waals surface area contributed by atoms with E-state index in [4.69, 9.17) is 11.6 Å². The van der Waals surface area contributed by atoms with Gasteiger partial charge >= 0.3 is 0 Å². The van der Waals surface area contributed by atoms with Gasteiger partial charge in [0.05, 0.1) is 15.6 Å². The third kappa shape index (κ3) is 2.24. The quantitative estimate of drug-likeness (QED) is 0.863. The summed E-state index contributed by atoms with van der Waals surface area (Å²) in [4.78, 5) is 8.60. The van der Waals surface area contributed by atoms with Gasteiger partial charge in [-0.25, -0.2) is 9.97 Å². The number of aromatic nitrogens is 2. The van der Waals surface area contributed by atoms with Gasteiger partial charge in [-0.1, -0.05) is 0 Å². The van der Waals surface area contributed by atoms with Gasteiger partial charge in [0.1, 0.15) is 12.1 Å². The molecular weight excluding hydrogens is 254 g/mol. The molecule has 0 bridgehead atoms. The highest BCUT2D eigenvalue weighted by atomic mass is 35.5. The number of hydrogen-bond acceptors (Lipinski definition) is 4. The van der Waals surface area contributed by atoms with Crippen LogP contribution in [0.3, 0.4) is 0 Å². The summed E-state index contributed by atoms with van der Waals surface area (Å²) in [6.07, 6.45) is 4.16. The number of rotatable bonds is 4. The van der Waals surface area contributed by atoms with E-state index in [1.165, 1.54) is 18.4 Å². The summed E-state index contributed by atoms with van der Waals surface area (Å²) in [5.74, 6) is 1.62. The number of nitrogens with one attached hydrogen (secondary N) is 1. The minimum absolute atomic E-state index is 0.223. The van der Waals surface area contributed by atoms with Crippen molar-refractivity contribution < 1.29 is 0 Å². The molecule has 1 aliphatic carbocycles. The van der Waals surface area contributed by atoms with E-state index in [0.29, 0.717) is 5.92 Å². The van der Waals surface area contributed by atoms with E-state index in [-0.39, 0.29) is 5.38 Å². The van der Waals surface area contributed by atoms with Gasteiger partial charge in [0.15, 0.2) is 0 Å². The third-order valence-electron chi connectivity index (χ3n) is 3.13. The molecule has 0 amide bonds. The number of thiophene rings is 1. The molecule has 2 aromatic heterocycles. The highest BCUT2D eigenvalue weighted by molar-refractivity contribution is 7.18. The molecule has 0 aliphatic heterocycles. The molecule has 3 rings (SSSR count). The highest BCUT2D eigenvalue weighted by Gasteiger charge is 2.29. The Balaban J connectivity index is 1.79. The summed E-state index contributed by atoms with van der Waals surface area (Å²) in [7, 11) is 0. The fraction of sp³-hybridized carbons (Fsp3) is 0.500. The van der Waals surface area contributed by atoms with Crippen molar-refractivity contribution in [1.29, 1.82) is 0 Å². The zero-order valence-corrected chi connectivity index (χ0v) is 11.2. The van der Waals surface area contributed by atoms with Crippen molar-refractivity contribution in [3.05, 3.63) is 17.3 Å². The van der Waals surface area contributed by atoms with Crippen molar-refractivity contribution in [2.75, 3.05) is 11.9 Å². The maximum atomic E-state index is 6.28. The van der Waals surface area contributed by atoms with Crippen LogP contribution in [0, 0.1) is 12.8 Å². The maximum Gasteiger partial charge on any atom is 0.147 e. The lowest BCUT2D eigenvalue weighted by Gasteiger charge is -2.10. The molecule has 1 N–H and O–H groups in total. The van der Waals surface area contributed by atoms with Gasteiger partial charge in [-0.3, -0.25) is 0 Å². The molecule has 90 valence electrons. The normalized spacial score (nSPS) is 17.3. The Morgan fingerprint density at radius 3 is 3.12 bits per heavy atom. The molecule has 1 saturated carbocycles. The molecule has 3 nitrogen and oxygen atoms in total. The minimum atomic E-state index is 0.223. The van der Waals surface area contributed by atoms with E-state index >= 15 is 0 Å². The number of fused-ring (bicyclic) bond motifs is 1. The van der Waals surface area contributed by atoms with Gasteiger partial charge in [0, 0.05) is 6.54 Å². The predicted molar refractivity (Wildman–Crippen MR) is 73.0 cm³/mol. The molecule has 1 atom stereocenters. The van der Waals surface area contributed by atoms with E-state index in [1.807, 2.05) is 0 Å². The van der Waals surface area contributed by atoms with Crippen LogP contribution >= 0.6 is 22.9 Å². The lowest BCUT2D eigenvalue weighted by molar-refractivity contribution is 0.769. The summed E-state index contributed by atoms with van der Waals surface area (Å²) in [6, 6.07) is 0. The molecule has 1 fully saturated rings. The van der Waals surface area contributed by atoms with Crippen LogP contribution in [0.1, 0.15) is 18.4 Å². The molecule has 17 heavy (non-hydrogen) atoms. The van der Waals surface area contributed by atoms with Crippen molar-refractivity contribution >= 4 is 39.0 Å². The lowest BCUT2D eigenvalue weighted by atomic mass is 10.3. The first-order valence-electron chi connectivity index (χ1n) is 5.82. The molecule has 1 unspecified atom stereocenters. The highest BCUT2D eigenvalue weighted by Crippen LogP contribution is 2.36. The number of anilines is 1. The molecule has 0 aromatic carbocycles. The van der Waals surface area contributed by atoms with Crippen LogP contribution in [0.5, 0.6) is 0 Å². The number of aryl methyl sites for hydroxylation is 1. The predicted octanol–water partition coefficient (Wildman–Crippen LogP) is 3.43. The summed E-state index contributed by atoms with van der Waals surface area (Å²) in [6.45, 7) is 2.86. The molecule has 5 heteroatoms. The van der Waals surface area contributed by atoms with Crippen LogP contribution in [-0.4, -0.2) is 21.9 Å². The lowest BCUT2D eigenvalue weighted by Crippen LogP contribution is -2.16. The fourth-order valence-corrected chi connectivity index (χ4v) is 3.21. The topological polar surface area (TPSA) is 37.8 Å². The second-order valence-electron chi connectivity index (χ2n) is 4.55. The van der Waals surface area contributed by atoms with Gasteiger partial charge in [-0.15, -0.1) is 22.9 Å². The van der Waals surface area contributed by atoms with Gasteiger partial charge in [0.25, 0.3) is 0 Å². The van der Waals surface area contributed by atoms with Crippen LogP contribution in [0.25, 0.3) is 10.2 Å². The molecule has 2 aromatic rings. The molecule has 0 spiro atoms. The largest absolute Gasteiger partial charge is 0.367 e.